The number of allylic oxidation sites excluding steroid dienone is 5. The predicted molar refractivity (Wildman–Crippen MR) is 102 cm³/mol. The molecule has 126 valence electrons. The van der Waals surface area contributed by atoms with Crippen LogP contribution in [-0.2, 0) is 0 Å². The molecule has 0 spiro atoms. The highest BCUT2D eigenvalue weighted by atomic mass is 14.9. The van der Waals surface area contributed by atoms with Crippen molar-refractivity contribution in [2.75, 3.05) is 0 Å². The molecule has 0 radical (unpaired) electrons. The molecule has 0 bridgehead atoms. The number of hydrogen-bond acceptors (Lipinski definition) is 1. The molecule has 1 nitrogen and oxygen atoms in total. The molecule has 0 aliphatic carbocycles. The second-order valence-corrected chi connectivity index (χ2v) is 6.35. The van der Waals surface area contributed by atoms with Crippen molar-refractivity contribution < 1.29 is 0 Å². The average Bonchev–Trinajstić information content (AvgIpc) is 2.54. The van der Waals surface area contributed by atoms with Crippen molar-refractivity contribution in [3.8, 4) is 0 Å². The van der Waals surface area contributed by atoms with Gasteiger partial charge in [-0.2, -0.15) is 0 Å². The SMILES string of the molecule is C=C/C(C)=C(\C)C(C)CCC(NC(=C)CC)C(/C=C\C)CC. The van der Waals surface area contributed by atoms with E-state index < -0.39 is 0 Å². The zero-order chi connectivity index (χ0) is 17.1. The minimum absolute atomic E-state index is 0.480. The normalized spacial score (nSPS) is 16.8. The second kappa shape index (κ2) is 11.3. The summed E-state index contributed by atoms with van der Waals surface area (Å²) < 4.78 is 0. The Morgan fingerprint density at radius 2 is 1.82 bits per heavy atom. The summed E-state index contributed by atoms with van der Waals surface area (Å²) in [6.07, 6.45) is 11.0. The molecule has 0 aliphatic heterocycles. The van der Waals surface area contributed by atoms with Crippen LogP contribution in [-0.4, -0.2) is 6.04 Å². The van der Waals surface area contributed by atoms with Crippen molar-refractivity contribution in [2.24, 2.45) is 11.8 Å². The van der Waals surface area contributed by atoms with Crippen LogP contribution in [0, 0.1) is 11.8 Å². The van der Waals surface area contributed by atoms with E-state index in [1.54, 1.807) is 0 Å². The molecule has 1 heteroatoms. The fraction of sp³-hybridized carbons (Fsp3) is 0.619. The average molecular weight is 304 g/mol. The van der Waals surface area contributed by atoms with E-state index >= 15 is 0 Å². The van der Waals surface area contributed by atoms with E-state index in [1.165, 1.54) is 24.0 Å². The summed E-state index contributed by atoms with van der Waals surface area (Å²) in [7, 11) is 0. The molecule has 1 N–H and O–H groups in total. The van der Waals surface area contributed by atoms with Crippen molar-refractivity contribution in [1.29, 1.82) is 0 Å². The molecular formula is C21H37N. The van der Waals surface area contributed by atoms with E-state index in [1.807, 2.05) is 6.08 Å². The van der Waals surface area contributed by atoms with Gasteiger partial charge in [-0.25, -0.2) is 0 Å². The number of hydrogen-bond donors (Lipinski definition) is 1. The lowest BCUT2D eigenvalue weighted by atomic mass is 9.87. The highest BCUT2D eigenvalue weighted by molar-refractivity contribution is 5.21. The first-order valence-corrected chi connectivity index (χ1v) is 8.78. The Kier molecular flexibility index (Phi) is 10.7. The van der Waals surface area contributed by atoms with Gasteiger partial charge in [0.25, 0.3) is 0 Å². The van der Waals surface area contributed by atoms with Crippen LogP contribution in [0.15, 0.2) is 48.2 Å². The van der Waals surface area contributed by atoms with Crippen LogP contribution in [0.3, 0.4) is 0 Å². The first kappa shape index (κ1) is 20.8. The Morgan fingerprint density at radius 1 is 1.18 bits per heavy atom. The smallest absolute Gasteiger partial charge is 0.0320 e. The van der Waals surface area contributed by atoms with Crippen LogP contribution in [0.2, 0.25) is 0 Å². The molecule has 0 aromatic rings. The van der Waals surface area contributed by atoms with E-state index in [2.05, 4.69) is 72.2 Å². The van der Waals surface area contributed by atoms with Gasteiger partial charge >= 0.3 is 0 Å². The molecular weight excluding hydrogens is 266 g/mol. The van der Waals surface area contributed by atoms with Crippen LogP contribution >= 0.6 is 0 Å². The minimum atomic E-state index is 0.480. The van der Waals surface area contributed by atoms with Crippen LogP contribution in [0.5, 0.6) is 0 Å². The molecule has 0 rings (SSSR count). The fourth-order valence-corrected chi connectivity index (χ4v) is 2.76. The fourth-order valence-electron chi connectivity index (χ4n) is 2.76. The lowest BCUT2D eigenvalue weighted by Crippen LogP contribution is -2.34. The third-order valence-corrected chi connectivity index (χ3v) is 4.82. The molecule has 0 aromatic carbocycles. The van der Waals surface area contributed by atoms with Crippen molar-refractivity contribution in [3.05, 3.63) is 48.2 Å². The molecule has 3 unspecified atom stereocenters. The Labute approximate surface area is 139 Å². The van der Waals surface area contributed by atoms with E-state index in [4.69, 9.17) is 0 Å². The van der Waals surface area contributed by atoms with E-state index in [-0.39, 0.29) is 0 Å². The lowest BCUT2D eigenvalue weighted by molar-refractivity contribution is 0.374. The molecule has 0 saturated heterocycles. The summed E-state index contributed by atoms with van der Waals surface area (Å²) >= 11 is 0. The van der Waals surface area contributed by atoms with Gasteiger partial charge in [-0.05, 0) is 58.3 Å². The molecule has 0 amide bonds. The van der Waals surface area contributed by atoms with Crippen LogP contribution in [0.4, 0.5) is 0 Å². The maximum atomic E-state index is 4.14. The third kappa shape index (κ3) is 7.15. The maximum absolute atomic E-state index is 4.14. The largest absolute Gasteiger partial charge is 0.386 e. The molecule has 0 saturated carbocycles. The van der Waals surface area contributed by atoms with Gasteiger partial charge in [-0.1, -0.05) is 63.3 Å². The van der Waals surface area contributed by atoms with Crippen LogP contribution in [0.25, 0.3) is 0 Å². The summed E-state index contributed by atoms with van der Waals surface area (Å²) in [5.41, 5.74) is 3.92. The summed E-state index contributed by atoms with van der Waals surface area (Å²) in [6, 6.07) is 0.480. The van der Waals surface area contributed by atoms with Crippen molar-refractivity contribution >= 4 is 0 Å². The highest BCUT2D eigenvalue weighted by Gasteiger charge is 2.19. The van der Waals surface area contributed by atoms with E-state index in [0.717, 1.165) is 18.5 Å². The van der Waals surface area contributed by atoms with E-state index in [0.29, 0.717) is 17.9 Å². The monoisotopic (exact) mass is 303 g/mol. The first-order chi connectivity index (χ1) is 10.4. The van der Waals surface area contributed by atoms with Gasteiger partial charge in [0.15, 0.2) is 0 Å². The molecule has 22 heavy (non-hydrogen) atoms. The van der Waals surface area contributed by atoms with Crippen LogP contribution in [0.1, 0.15) is 67.2 Å². The molecule has 0 aliphatic rings. The summed E-state index contributed by atoms with van der Waals surface area (Å²) in [6.45, 7) is 21.3. The van der Waals surface area contributed by atoms with Crippen molar-refractivity contribution in [2.45, 2.75) is 73.3 Å². The molecule has 0 heterocycles. The maximum Gasteiger partial charge on any atom is 0.0320 e. The van der Waals surface area contributed by atoms with Crippen molar-refractivity contribution in [1.82, 2.24) is 5.32 Å². The number of rotatable bonds is 11. The molecule has 0 fully saturated rings. The Bertz CT molecular complexity index is 400. The van der Waals surface area contributed by atoms with Crippen LogP contribution < -0.4 is 5.32 Å². The van der Waals surface area contributed by atoms with Crippen molar-refractivity contribution in [3.63, 3.8) is 0 Å². The highest BCUT2D eigenvalue weighted by Crippen LogP contribution is 2.24. The number of nitrogens with one attached hydrogen (secondary N) is 1. The topological polar surface area (TPSA) is 12.0 Å². The quantitative estimate of drug-likeness (QED) is 0.343. The van der Waals surface area contributed by atoms with Gasteiger partial charge in [-0.15, -0.1) is 0 Å². The predicted octanol–water partition coefficient (Wildman–Crippen LogP) is 6.41. The Hall–Kier alpha value is -1.24. The van der Waals surface area contributed by atoms with Gasteiger partial charge in [0, 0.05) is 11.7 Å². The van der Waals surface area contributed by atoms with Gasteiger partial charge in [0.2, 0.25) is 0 Å². The van der Waals surface area contributed by atoms with Gasteiger partial charge < -0.3 is 5.32 Å². The summed E-state index contributed by atoms with van der Waals surface area (Å²) in [4.78, 5) is 0. The van der Waals surface area contributed by atoms with Gasteiger partial charge in [-0.3, -0.25) is 0 Å². The zero-order valence-electron chi connectivity index (χ0n) is 15.7. The summed E-state index contributed by atoms with van der Waals surface area (Å²) in [5.74, 6) is 1.17. The van der Waals surface area contributed by atoms with Gasteiger partial charge in [0.05, 0.1) is 0 Å². The summed E-state index contributed by atoms with van der Waals surface area (Å²) in [5, 5.41) is 3.66. The van der Waals surface area contributed by atoms with Gasteiger partial charge in [0.1, 0.15) is 0 Å². The molecule has 0 aromatic heterocycles. The zero-order valence-corrected chi connectivity index (χ0v) is 15.7. The lowest BCUT2D eigenvalue weighted by Gasteiger charge is -2.28. The second-order valence-electron chi connectivity index (χ2n) is 6.35. The minimum Gasteiger partial charge on any atom is -0.386 e. The van der Waals surface area contributed by atoms with E-state index in [9.17, 15) is 0 Å². The Balaban J connectivity index is 4.91. The first-order valence-electron chi connectivity index (χ1n) is 8.78. The third-order valence-electron chi connectivity index (χ3n) is 4.82. The molecule has 3 atom stereocenters. The standard InChI is InChI=1S/C21H37N/c1-9-13-20(12-4)21(22-18(7)11-3)15-14-17(6)19(8)16(5)10-2/h9-10,13,17,20-22H,2,7,11-12,14-15H2,1,3-6,8H3/b13-9-,19-16+. The Morgan fingerprint density at radius 3 is 2.27 bits per heavy atom.